The Balaban J connectivity index is 1.83. The lowest BCUT2D eigenvalue weighted by atomic mass is 10.1. The van der Waals surface area contributed by atoms with Gasteiger partial charge in [-0.2, -0.15) is 0 Å². The zero-order valence-electron chi connectivity index (χ0n) is 10.2. The maximum atomic E-state index is 13.1. The van der Waals surface area contributed by atoms with Gasteiger partial charge in [0.1, 0.15) is 5.82 Å². The molecule has 0 saturated heterocycles. The van der Waals surface area contributed by atoms with E-state index in [1.165, 1.54) is 6.07 Å². The fourth-order valence-electron chi connectivity index (χ4n) is 2.47. The standard InChI is InChI=1S/C14H20FNO/c1-10(12-3-2-4-13(15)8-12)16-9-11-5-6-14(17)7-11/h2-4,8,10-11,14,16-17H,5-7,9H2,1H3. The minimum Gasteiger partial charge on any atom is -0.393 e. The molecule has 17 heavy (non-hydrogen) atoms. The summed E-state index contributed by atoms with van der Waals surface area (Å²) in [4.78, 5) is 0. The highest BCUT2D eigenvalue weighted by atomic mass is 19.1. The van der Waals surface area contributed by atoms with Gasteiger partial charge in [0.25, 0.3) is 0 Å². The molecule has 0 bridgehead atoms. The van der Waals surface area contributed by atoms with Gasteiger partial charge >= 0.3 is 0 Å². The summed E-state index contributed by atoms with van der Waals surface area (Å²) in [6, 6.07) is 6.86. The molecular weight excluding hydrogens is 217 g/mol. The summed E-state index contributed by atoms with van der Waals surface area (Å²) in [5.41, 5.74) is 0.976. The molecule has 0 aromatic heterocycles. The van der Waals surface area contributed by atoms with E-state index in [9.17, 15) is 9.50 Å². The smallest absolute Gasteiger partial charge is 0.123 e. The Hall–Kier alpha value is -0.930. The molecule has 0 spiro atoms. The average molecular weight is 237 g/mol. The van der Waals surface area contributed by atoms with Gasteiger partial charge in [0.2, 0.25) is 0 Å². The lowest BCUT2D eigenvalue weighted by Crippen LogP contribution is -2.25. The van der Waals surface area contributed by atoms with E-state index in [1.54, 1.807) is 12.1 Å². The Bertz CT molecular complexity index is 369. The van der Waals surface area contributed by atoms with Crippen LogP contribution in [0.5, 0.6) is 0 Å². The molecular formula is C14H20FNO. The van der Waals surface area contributed by atoms with E-state index in [2.05, 4.69) is 5.32 Å². The third-order valence-electron chi connectivity index (χ3n) is 3.57. The first-order chi connectivity index (χ1) is 8.15. The first-order valence-corrected chi connectivity index (χ1v) is 6.32. The fourth-order valence-corrected chi connectivity index (χ4v) is 2.47. The molecule has 0 heterocycles. The zero-order valence-corrected chi connectivity index (χ0v) is 10.2. The molecule has 1 aliphatic carbocycles. The molecule has 0 aliphatic heterocycles. The van der Waals surface area contributed by atoms with Crippen LogP contribution in [0.3, 0.4) is 0 Å². The molecule has 3 unspecified atom stereocenters. The lowest BCUT2D eigenvalue weighted by Gasteiger charge is -2.17. The maximum absolute atomic E-state index is 13.1. The Morgan fingerprint density at radius 3 is 2.94 bits per heavy atom. The number of hydrogen-bond donors (Lipinski definition) is 2. The van der Waals surface area contributed by atoms with Gasteiger partial charge in [-0.05, 0) is 56.3 Å². The van der Waals surface area contributed by atoms with Crippen molar-refractivity contribution in [3.8, 4) is 0 Å². The molecule has 94 valence electrons. The van der Waals surface area contributed by atoms with Gasteiger partial charge in [-0.25, -0.2) is 4.39 Å². The number of aliphatic hydroxyl groups is 1. The lowest BCUT2D eigenvalue weighted by molar-refractivity contribution is 0.177. The van der Waals surface area contributed by atoms with Crippen molar-refractivity contribution >= 4 is 0 Å². The Labute approximate surface area is 102 Å². The number of nitrogens with one attached hydrogen (secondary N) is 1. The monoisotopic (exact) mass is 237 g/mol. The van der Waals surface area contributed by atoms with Crippen LogP contribution in [0.4, 0.5) is 4.39 Å². The van der Waals surface area contributed by atoms with Crippen molar-refractivity contribution in [1.29, 1.82) is 0 Å². The topological polar surface area (TPSA) is 32.3 Å². The van der Waals surface area contributed by atoms with E-state index in [4.69, 9.17) is 0 Å². The third-order valence-corrected chi connectivity index (χ3v) is 3.57. The first kappa shape index (κ1) is 12.5. The summed E-state index contributed by atoms with van der Waals surface area (Å²) in [5, 5.41) is 12.9. The van der Waals surface area contributed by atoms with Crippen LogP contribution >= 0.6 is 0 Å². The molecule has 1 saturated carbocycles. The molecule has 1 fully saturated rings. The van der Waals surface area contributed by atoms with Gasteiger partial charge in [0, 0.05) is 6.04 Å². The van der Waals surface area contributed by atoms with E-state index in [0.717, 1.165) is 31.4 Å². The van der Waals surface area contributed by atoms with E-state index >= 15 is 0 Å². The molecule has 2 N–H and O–H groups in total. The second-order valence-electron chi connectivity index (χ2n) is 5.02. The van der Waals surface area contributed by atoms with Crippen molar-refractivity contribution in [3.63, 3.8) is 0 Å². The molecule has 0 radical (unpaired) electrons. The quantitative estimate of drug-likeness (QED) is 0.843. The second kappa shape index (κ2) is 5.61. The van der Waals surface area contributed by atoms with Crippen LogP contribution in [0.1, 0.15) is 37.8 Å². The van der Waals surface area contributed by atoms with E-state index in [0.29, 0.717) is 5.92 Å². The summed E-state index contributed by atoms with van der Waals surface area (Å²) in [6.07, 6.45) is 2.78. The number of halogens is 1. The maximum Gasteiger partial charge on any atom is 0.123 e. The van der Waals surface area contributed by atoms with E-state index < -0.39 is 0 Å². The van der Waals surface area contributed by atoms with Gasteiger partial charge in [-0.1, -0.05) is 12.1 Å². The highest BCUT2D eigenvalue weighted by Gasteiger charge is 2.22. The molecule has 2 nitrogen and oxygen atoms in total. The summed E-state index contributed by atoms with van der Waals surface area (Å²) in [7, 11) is 0. The molecule has 1 aromatic carbocycles. The highest BCUT2D eigenvalue weighted by Crippen LogP contribution is 2.25. The molecule has 1 aromatic rings. The molecule has 2 rings (SSSR count). The van der Waals surface area contributed by atoms with Crippen LogP contribution in [0, 0.1) is 11.7 Å². The van der Waals surface area contributed by atoms with Crippen molar-refractivity contribution < 1.29 is 9.50 Å². The number of hydrogen-bond acceptors (Lipinski definition) is 2. The van der Waals surface area contributed by atoms with Gasteiger partial charge in [0.05, 0.1) is 6.10 Å². The fraction of sp³-hybridized carbons (Fsp3) is 0.571. The summed E-state index contributed by atoms with van der Waals surface area (Å²) in [5.74, 6) is 0.369. The second-order valence-corrected chi connectivity index (χ2v) is 5.02. The van der Waals surface area contributed by atoms with E-state index in [-0.39, 0.29) is 18.0 Å². The minimum absolute atomic E-state index is 0.119. The number of benzene rings is 1. The Morgan fingerprint density at radius 2 is 2.29 bits per heavy atom. The molecule has 3 atom stereocenters. The summed E-state index contributed by atoms with van der Waals surface area (Å²) < 4.78 is 13.1. The highest BCUT2D eigenvalue weighted by molar-refractivity contribution is 5.19. The van der Waals surface area contributed by atoms with Crippen molar-refractivity contribution in [2.75, 3.05) is 6.54 Å². The predicted molar refractivity (Wildman–Crippen MR) is 66.2 cm³/mol. The van der Waals surface area contributed by atoms with Crippen molar-refractivity contribution in [2.45, 2.75) is 38.3 Å². The van der Waals surface area contributed by atoms with Crippen molar-refractivity contribution in [1.82, 2.24) is 5.32 Å². The van der Waals surface area contributed by atoms with Crippen LogP contribution < -0.4 is 5.32 Å². The van der Waals surface area contributed by atoms with Gasteiger partial charge < -0.3 is 10.4 Å². The minimum atomic E-state index is -0.188. The van der Waals surface area contributed by atoms with Crippen LogP contribution in [-0.2, 0) is 0 Å². The molecule has 3 heteroatoms. The van der Waals surface area contributed by atoms with Gasteiger partial charge in [0.15, 0.2) is 0 Å². The predicted octanol–water partition coefficient (Wildman–Crippen LogP) is 2.64. The van der Waals surface area contributed by atoms with Crippen molar-refractivity contribution in [2.24, 2.45) is 5.92 Å². The van der Waals surface area contributed by atoms with Gasteiger partial charge in [-0.15, -0.1) is 0 Å². The summed E-state index contributed by atoms with van der Waals surface area (Å²) in [6.45, 7) is 2.94. The van der Waals surface area contributed by atoms with Crippen molar-refractivity contribution in [3.05, 3.63) is 35.6 Å². The van der Waals surface area contributed by atoms with Crippen LogP contribution in [-0.4, -0.2) is 17.8 Å². The first-order valence-electron chi connectivity index (χ1n) is 6.32. The summed E-state index contributed by atoms with van der Waals surface area (Å²) >= 11 is 0. The zero-order chi connectivity index (χ0) is 12.3. The normalized spacial score (nSPS) is 26.1. The molecule has 1 aliphatic rings. The average Bonchev–Trinajstić information content (AvgIpc) is 2.72. The van der Waals surface area contributed by atoms with E-state index in [1.807, 2.05) is 13.0 Å². The Kier molecular flexibility index (Phi) is 4.13. The van der Waals surface area contributed by atoms with Gasteiger partial charge in [-0.3, -0.25) is 0 Å². The van der Waals surface area contributed by atoms with Crippen LogP contribution in [0.2, 0.25) is 0 Å². The number of aliphatic hydroxyl groups excluding tert-OH is 1. The SMILES string of the molecule is CC(NCC1CCC(O)C1)c1cccc(F)c1. The van der Waals surface area contributed by atoms with Crippen LogP contribution in [0.25, 0.3) is 0 Å². The largest absolute Gasteiger partial charge is 0.393 e. The Morgan fingerprint density at radius 1 is 1.47 bits per heavy atom. The van der Waals surface area contributed by atoms with Crippen LogP contribution in [0.15, 0.2) is 24.3 Å². The third kappa shape index (κ3) is 3.51. The number of rotatable bonds is 4. The molecule has 0 amide bonds.